The summed E-state index contributed by atoms with van der Waals surface area (Å²) >= 11 is 1.26. The molecular formula is C20H23N3O3S. The largest absolute Gasteiger partial charge is 0.467 e. The Morgan fingerprint density at radius 1 is 1.30 bits per heavy atom. The molecule has 142 valence electrons. The Morgan fingerprint density at radius 3 is 2.85 bits per heavy atom. The number of amides is 1. The van der Waals surface area contributed by atoms with Crippen LogP contribution in [0, 0.1) is 0 Å². The number of thioether (sulfide) groups is 1. The van der Waals surface area contributed by atoms with E-state index in [1.165, 1.54) is 11.8 Å². The van der Waals surface area contributed by atoms with E-state index in [1.807, 2.05) is 25.1 Å². The minimum absolute atomic E-state index is 0.0621. The third-order valence-electron chi connectivity index (χ3n) is 4.18. The number of hydrogen-bond donors (Lipinski definition) is 1. The van der Waals surface area contributed by atoms with Gasteiger partial charge in [0.2, 0.25) is 5.91 Å². The van der Waals surface area contributed by atoms with Crippen molar-refractivity contribution in [2.45, 2.75) is 44.4 Å². The molecule has 1 N–H and O–H groups in total. The Hall–Kier alpha value is -2.54. The van der Waals surface area contributed by atoms with Crippen molar-refractivity contribution in [3.05, 3.63) is 58.8 Å². The second kappa shape index (κ2) is 8.90. The third kappa shape index (κ3) is 4.80. The van der Waals surface area contributed by atoms with E-state index in [0.29, 0.717) is 21.8 Å². The van der Waals surface area contributed by atoms with Gasteiger partial charge in [-0.05, 0) is 37.6 Å². The second-order valence-corrected chi connectivity index (χ2v) is 7.37. The summed E-state index contributed by atoms with van der Waals surface area (Å²) in [5.74, 6) is 0.807. The number of nitrogens with one attached hydrogen (secondary N) is 1. The van der Waals surface area contributed by atoms with E-state index in [0.717, 1.165) is 12.8 Å². The van der Waals surface area contributed by atoms with Crippen molar-refractivity contribution in [2.75, 3.05) is 5.75 Å². The number of carbonyl (C=O) groups is 1. The number of hydrogen-bond acceptors (Lipinski definition) is 5. The van der Waals surface area contributed by atoms with E-state index >= 15 is 0 Å². The third-order valence-corrected chi connectivity index (χ3v) is 5.16. The first kappa shape index (κ1) is 19.2. The standard InChI is InChI=1S/C20H23N3O3S/c1-3-7-14(2)21-18(24)13-27-20-22-17-10-5-4-9-16(17)19(25)23(20)12-15-8-6-11-26-15/h4-6,8-11,14H,3,7,12-13H2,1-2H3,(H,21,24)/t14-/m1/s1. The summed E-state index contributed by atoms with van der Waals surface area (Å²) in [6.45, 7) is 4.36. The quantitative estimate of drug-likeness (QED) is 0.475. The van der Waals surface area contributed by atoms with Gasteiger partial charge in [-0.1, -0.05) is 37.2 Å². The normalized spacial score (nSPS) is 12.2. The topological polar surface area (TPSA) is 77.1 Å². The van der Waals surface area contributed by atoms with E-state index in [1.54, 1.807) is 29.0 Å². The Bertz CT molecular complexity index is 966. The van der Waals surface area contributed by atoms with Gasteiger partial charge in [-0.25, -0.2) is 4.98 Å². The first-order valence-electron chi connectivity index (χ1n) is 9.02. The highest BCUT2D eigenvalue weighted by Gasteiger charge is 2.15. The maximum atomic E-state index is 13.0. The number of benzene rings is 1. The molecule has 1 amide bonds. The minimum Gasteiger partial charge on any atom is -0.467 e. The molecular weight excluding hydrogens is 362 g/mol. The molecule has 0 bridgehead atoms. The number of fused-ring (bicyclic) bond motifs is 1. The van der Waals surface area contributed by atoms with Crippen molar-refractivity contribution in [3.63, 3.8) is 0 Å². The van der Waals surface area contributed by atoms with Gasteiger partial charge in [-0.15, -0.1) is 0 Å². The van der Waals surface area contributed by atoms with Crippen LogP contribution in [0.25, 0.3) is 10.9 Å². The Kier molecular flexibility index (Phi) is 6.34. The summed E-state index contributed by atoms with van der Waals surface area (Å²) in [6, 6.07) is 11.0. The average Bonchev–Trinajstić information content (AvgIpc) is 3.16. The fraction of sp³-hybridized carbons (Fsp3) is 0.350. The van der Waals surface area contributed by atoms with Crippen molar-refractivity contribution in [1.82, 2.24) is 14.9 Å². The van der Waals surface area contributed by atoms with Crippen LogP contribution in [0.5, 0.6) is 0 Å². The van der Waals surface area contributed by atoms with Crippen LogP contribution in [0.15, 0.2) is 57.0 Å². The zero-order valence-corrected chi connectivity index (χ0v) is 16.3. The highest BCUT2D eigenvalue weighted by molar-refractivity contribution is 7.99. The minimum atomic E-state index is -0.140. The van der Waals surface area contributed by atoms with Crippen LogP contribution >= 0.6 is 11.8 Å². The van der Waals surface area contributed by atoms with Crippen LogP contribution < -0.4 is 10.9 Å². The van der Waals surface area contributed by atoms with Crippen molar-refractivity contribution >= 4 is 28.6 Å². The fourth-order valence-electron chi connectivity index (χ4n) is 2.91. The molecule has 3 aromatic rings. The van der Waals surface area contributed by atoms with Crippen molar-refractivity contribution in [1.29, 1.82) is 0 Å². The van der Waals surface area contributed by atoms with Crippen LogP contribution in [-0.4, -0.2) is 27.3 Å². The molecule has 27 heavy (non-hydrogen) atoms. The summed E-state index contributed by atoms with van der Waals surface area (Å²) < 4.78 is 6.95. The van der Waals surface area contributed by atoms with Crippen LogP contribution in [0.2, 0.25) is 0 Å². The van der Waals surface area contributed by atoms with Crippen LogP contribution in [0.3, 0.4) is 0 Å². The molecule has 2 heterocycles. The second-order valence-electron chi connectivity index (χ2n) is 6.43. The summed E-state index contributed by atoms with van der Waals surface area (Å²) in [5, 5.41) is 4.03. The van der Waals surface area contributed by atoms with Gasteiger partial charge in [0.1, 0.15) is 5.76 Å². The maximum Gasteiger partial charge on any atom is 0.262 e. The number of furan rings is 1. The van der Waals surface area contributed by atoms with E-state index in [9.17, 15) is 9.59 Å². The lowest BCUT2D eigenvalue weighted by atomic mass is 10.2. The van der Waals surface area contributed by atoms with Gasteiger partial charge in [-0.2, -0.15) is 0 Å². The highest BCUT2D eigenvalue weighted by Crippen LogP contribution is 2.19. The van der Waals surface area contributed by atoms with Crippen LogP contribution in [0.1, 0.15) is 32.4 Å². The molecule has 3 rings (SSSR count). The molecule has 0 aliphatic rings. The molecule has 0 saturated carbocycles. The SMILES string of the molecule is CCC[C@@H](C)NC(=O)CSc1nc2ccccc2c(=O)n1Cc1ccco1. The van der Waals surface area contributed by atoms with Crippen molar-refractivity contribution < 1.29 is 9.21 Å². The van der Waals surface area contributed by atoms with Gasteiger partial charge >= 0.3 is 0 Å². The monoisotopic (exact) mass is 385 g/mol. The van der Waals surface area contributed by atoms with Gasteiger partial charge in [0.25, 0.3) is 5.56 Å². The summed E-state index contributed by atoms with van der Waals surface area (Å²) in [7, 11) is 0. The van der Waals surface area contributed by atoms with E-state index in [2.05, 4.69) is 17.2 Å². The van der Waals surface area contributed by atoms with Crippen LogP contribution in [0.4, 0.5) is 0 Å². The number of rotatable bonds is 8. The lowest BCUT2D eigenvalue weighted by molar-refractivity contribution is -0.119. The predicted molar refractivity (Wildman–Crippen MR) is 107 cm³/mol. The van der Waals surface area contributed by atoms with E-state index in [-0.39, 0.29) is 29.8 Å². The molecule has 1 aromatic carbocycles. The molecule has 0 aliphatic heterocycles. The lowest BCUT2D eigenvalue weighted by Gasteiger charge is -2.14. The first-order chi connectivity index (χ1) is 13.1. The molecule has 0 saturated heterocycles. The summed E-state index contributed by atoms with van der Waals surface area (Å²) in [5.41, 5.74) is 0.486. The fourth-order valence-corrected chi connectivity index (χ4v) is 3.72. The molecule has 7 heteroatoms. The predicted octanol–water partition coefficient (Wildman–Crippen LogP) is 3.43. The van der Waals surface area contributed by atoms with Crippen molar-refractivity contribution in [3.8, 4) is 0 Å². The highest BCUT2D eigenvalue weighted by atomic mass is 32.2. The van der Waals surface area contributed by atoms with Crippen molar-refractivity contribution in [2.24, 2.45) is 0 Å². The number of carbonyl (C=O) groups excluding carboxylic acids is 1. The van der Waals surface area contributed by atoms with Gasteiger partial charge in [0.15, 0.2) is 5.16 Å². The molecule has 0 radical (unpaired) electrons. The molecule has 2 aromatic heterocycles. The molecule has 0 spiro atoms. The number of nitrogens with zero attached hydrogens (tertiary/aromatic N) is 2. The first-order valence-corrected chi connectivity index (χ1v) is 10.0. The molecule has 0 aliphatic carbocycles. The molecule has 0 fully saturated rings. The van der Waals surface area contributed by atoms with E-state index in [4.69, 9.17) is 4.42 Å². The zero-order valence-electron chi connectivity index (χ0n) is 15.5. The Labute approximate surface area is 162 Å². The Balaban J connectivity index is 1.86. The number of aromatic nitrogens is 2. The Morgan fingerprint density at radius 2 is 2.11 bits per heavy atom. The smallest absolute Gasteiger partial charge is 0.262 e. The maximum absolute atomic E-state index is 13.0. The zero-order chi connectivity index (χ0) is 19.2. The van der Waals surface area contributed by atoms with Gasteiger partial charge in [-0.3, -0.25) is 14.2 Å². The molecule has 6 nitrogen and oxygen atoms in total. The van der Waals surface area contributed by atoms with E-state index < -0.39 is 0 Å². The van der Waals surface area contributed by atoms with Gasteiger partial charge in [0, 0.05) is 6.04 Å². The lowest BCUT2D eigenvalue weighted by Crippen LogP contribution is -2.34. The summed E-state index contributed by atoms with van der Waals surface area (Å²) in [4.78, 5) is 29.8. The van der Waals surface area contributed by atoms with Crippen LogP contribution in [-0.2, 0) is 11.3 Å². The molecule has 0 unspecified atom stereocenters. The number of para-hydroxylation sites is 1. The average molecular weight is 385 g/mol. The summed E-state index contributed by atoms with van der Waals surface area (Å²) in [6.07, 6.45) is 3.53. The van der Waals surface area contributed by atoms with Gasteiger partial charge < -0.3 is 9.73 Å². The van der Waals surface area contributed by atoms with Gasteiger partial charge in [0.05, 0.1) is 29.5 Å². The molecule has 1 atom stereocenters.